The second-order valence-corrected chi connectivity index (χ2v) is 5.65. The molecule has 0 fully saturated rings. The zero-order chi connectivity index (χ0) is 15.9. The van der Waals surface area contributed by atoms with Crippen molar-refractivity contribution in [2.24, 2.45) is 5.10 Å². The largest absolute Gasteiger partial charge is 0.351 e. The fourth-order valence-corrected chi connectivity index (χ4v) is 2.31. The van der Waals surface area contributed by atoms with Crippen LogP contribution in [0.4, 0.5) is 0 Å². The van der Waals surface area contributed by atoms with Gasteiger partial charge in [-0.1, -0.05) is 38.1 Å². The molecular weight excluding hydrogens is 278 g/mol. The van der Waals surface area contributed by atoms with Gasteiger partial charge in [0.2, 0.25) is 5.91 Å². The quantitative estimate of drug-likeness (QED) is 0.845. The molecule has 2 N–H and O–H groups in total. The lowest BCUT2D eigenvalue weighted by Gasteiger charge is -2.12. The van der Waals surface area contributed by atoms with E-state index in [1.165, 1.54) is 11.1 Å². The van der Waals surface area contributed by atoms with Crippen LogP contribution in [0.3, 0.4) is 0 Å². The number of carbonyl (C=O) groups is 2. The Bertz CT molecular complexity index is 564. The maximum absolute atomic E-state index is 11.9. The minimum Gasteiger partial charge on any atom is -0.351 e. The van der Waals surface area contributed by atoms with Crippen molar-refractivity contribution in [3.8, 4) is 0 Å². The minimum absolute atomic E-state index is 0.141. The monoisotopic (exact) mass is 301 g/mol. The van der Waals surface area contributed by atoms with E-state index in [9.17, 15) is 9.59 Å². The van der Waals surface area contributed by atoms with E-state index in [0.29, 0.717) is 31.0 Å². The van der Waals surface area contributed by atoms with Gasteiger partial charge in [-0.3, -0.25) is 9.59 Å². The van der Waals surface area contributed by atoms with Crippen LogP contribution < -0.4 is 10.7 Å². The molecule has 0 aliphatic carbocycles. The zero-order valence-corrected chi connectivity index (χ0v) is 13.2. The standard InChI is InChI=1S/C17H23N3O2/c1-3-12(2)14-6-4-13(5-7-14)10-11-18-17(22)15-8-9-16(21)20-19-15/h4-7,12H,3,8-11H2,1-2H3,(H,18,22)(H,20,21). The summed E-state index contributed by atoms with van der Waals surface area (Å²) in [6.07, 6.45) is 2.64. The summed E-state index contributed by atoms with van der Waals surface area (Å²) in [5, 5.41) is 6.62. The Kier molecular flexibility index (Phi) is 5.69. The third kappa shape index (κ3) is 4.41. The van der Waals surface area contributed by atoms with Crippen LogP contribution in [0.15, 0.2) is 29.4 Å². The van der Waals surface area contributed by atoms with Crippen molar-refractivity contribution < 1.29 is 9.59 Å². The lowest BCUT2D eigenvalue weighted by Crippen LogP contribution is -2.37. The molecule has 2 amide bonds. The molecule has 0 radical (unpaired) electrons. The third-order valence-electron chi connectivity index (χ3n) is 4.03. The average Bonchev–Trinajstić information content (AvgIpc) is 2.55. The van der Waals surface area contributed by atoms with Crippen molar-refractivity contribution in [1.29, 1.82) is 0 Å². The highest BCUT2D eigenvalue weighted by atomic mass is 16.2. The second kappa shape index (κ2) is 7.73. The summed E-state index contributed by atoms with van der Waals surface area (Å²) in [7, 11) is 0. The van der Waals surface area contributed by atoms with E-state index in [0.717, 1.165) is 12.8 Å². The van der Waals surface area contributed by atoms with Crippen molar-refractivity contribution in [2.75, 3.05) is 6.54 Å². The summed E-state index contributed by atoms with van der Waals surface area (Å²) in [4.78, 5) is 22.9. The number of carbonyl (C=O) groups excluding carboxylic acids is 2. The molecule has 0 aromatic heterocycles. The van der Waals surface area contributed by atoms with E-state index in [2.05, 4.69) is 54.0 Å². The molecule has 1 aromatic carbocycles. The lowest BCUT2D eigenvalue weighted by atomic mass is 9.97. The molecule has 1 aliphatic rings. The Morgan fingerprint density at radius 3 is 2.64 bits per heavy atom. The number of benzene rings is 1. The highest BCUT2D eigenvalue weighted by Gasteiger charge is 2.17. The van der Waals surface area contributed by atoms with Crippen LogP contribution in [0.25, 0.3) is 0 Å². The first kappa shape index (κ1) is 16.2. The van der Waals surface area contributed by atoms with Crippen molar-refractivity contribution in [3.05, 3.63) is 35.4 Å². The third-order valence-corrected chi connectivity index (χ3v) is 4.03. The van der Waals surface area contributed by atoms with Crippen molar-refractivity contribution >= 4 is 17.5 Å². The topological polar surface area (TPSA) is 70.6 Å². The summed E-state index contributed by atoms with van der Waals surface area (Å²) >= 11 is 0. The zero-order valence-electron chi connectivity index (χ0n) is 13.2. The Hall–Kier alpha value is -2.17. The summed E-state index contributed by atoms with van der Waals surface area (Å²) in [6, 6.07) is 8.55. The van der Waals surface area contributed by atoms with Gasteiger partial charge in [0, 0.05) is 19.4 Å². The molecule has 118 valence electrons. The van der Waals surface area contributed by atoms with Gasteiger partial charge in [0.15, 0.2) is 0 Å². The van der Waals surface area contributed by atoms with Crippen LogP contribution in [-0.4, -0.2) is 24.1 Å². The molecule has 0 spiro atoms. The molecule has 1 atom stereocenters. The second-order valence-electron chi connectivity index (χ2n) is 5.65. The van der Waals surface area contributed by atoms with E-state index >= 15 is 0 Å². The van der Waals surface area contributed by atoms with Crippen LogP contribution >= 0.6 is 0 Å². The normalized spacial score (nSPS) is 15.7. The van der Waals surface area contributed by atoms with Gasteiger partial charge in [0.05, 0.1) is 0 Å². The van der Waals surface area contributed by atoms with Crippen molar-refractivity contribution in [3.63, 3.8) is 0 Å². The van der Waals surface area contributed by atoms with Crippen LogP contribution in [0.1, 0.15) is 50.2 Å². The van der Waals surface area contributed by atoms with E-state index in [1.807, 2.05) is 0 Å². The van der Waals surface area contributed by atoms with Gasteiger partial charge < -0.3 is 5.32 Å². The summed E-state index contributed by atoms with van der Waals surface area (Å²) in [6.45, 7) is 4.97. The van der Waals surface area contributed by atoms with Gasteiger partial charge in [0.1, 0.15) is 5.71 Å². The molecule has 0 saturated heterocycles. The first-order chi connectivity index (χ1) is 10.6. The first-order valence-electron chi connectivity index (χ1n) is 7.82. The van der Waals surface area contributed by atoms with Crippen LogP contribution in [0.2, 0.25) is 0 Å². The molecule has 22 heavy (non-hydrogen) atoms. The van der Waals surface area contributed by atoms with Gasteiger partial charge in [-0.2, -0.15) is 5.10 Å². The van der Waals surface area contributed by atoms with E-state index in [-0.39, 0.29) is 11.8 Å². The number of amides is 2. The van der Waals surface area contributed by atoms with Gasteiger partial charge in [-0.05, 0) is 29.9 Å². The number of rotatable bonds is 6. The predicted molar refractivity (Wildman–Crippen MR) is 86.7 cm³/mol. The number of hydrogen-bond acceptors (Lipinski definition) is 3. The van der Waals surface area contributed by atoms with Crippen LogP contribution in [-0.2, 0) is 16.0 Å². The van der Waals surface area contributed by atoms with E-state index in [1.54, 1.807) is 0 Å². The Labute approximate surface area is 131 Å². The number of nitrogens with zero attached hydrogens (tertiary/aromatic N) is 1. The molecule has 5 nitrogen and oxygen atoms in total. The number of hydrogen-bond donors (Lipinski definition) is 2. The highest BCUT2D eigenvalue weighted by Crippen LogP contribution is 2.18. The van der Waals surface area contributed by atoms with Crippen LogP contribution in [0.5, 0.6) is 0 Å². The summed E-state index contributed by atoms with van der Waals surface area (Å²) in [5.41, 5.74) is 5.28. The smallest absolute Gasteiger partial charge is 0.267 e. The Morgan fingerprint density at radius 1 is 1.32 bits per heavy atom. The number of nitrogens with one attached hydrogen (secondary N) is 2. The minimum atomic E-state index is -0.198. The number of hydrazone groups is 1. The Morgan fingerprint density at radius 2 is 2.05 bits per heavy atom. The van der Waals surface area contributed by atoms with Gasteiger partial charge >= 0.3 is 0 Å². The predicted octanol–water partition coefficient (Wildman–Crippen LogP) is 2.12. The molecule has 1 heterocycles. The van der Waals surface area contributed by atoms with Gasteiger partial charge in [-0.15, -0.1) is 0 Å². The SMILES string of the molecule is CCC(C)c1ccc(CCNC(=O)C2=NNC(=O)CC2)cc1. The maximum atomic E-state index is 11.9. The summed E-state index contributed by atoms with van der Waals surface area (Å²) < 4.78 is 0. The van der Waals surface area contributed by atoms with Crippen molar-refractivity contribution in [1.82, 2.24) is 10.7 Å². The molecular formula is C17H23N3O2. The van der Waals surface area contributed by atoms with Gasteiger partial charge in [-0.25, -0.2) is 5.43 Å². The molecule has 0 bridgehead atoms. The molecule has 5 heteroatoms. The van der Waals surface area contributed by atoms with E-state index in [4.69, 9.17) is 0 Å². The maximum Gasteiger partial charge on any atom is 0.267 e. The Balaban J connectivity index is 1.78. The molecule has 1 aliphatic heterocycles. The average molecular weight is 301 g/mol. The molecule has 0 saturated carbocycles. The molecule has 2 rings (SSSR count). The first-order valence-corrected chi connectivity index (χ1v) is 7.82. The fourth-order valence-electron chi connectivity index (χ4n) is 2.31. The van der Waals surface area contributed by atoms with Crippen molar-refractivity contribution in [2.45, 2.75) is 45.4 Å². The van der Waals surface area contributed by atoms with Gasteiger partial charge in [0.25, 0.3) is 5.91 Å². The fraction of sp³-hybridized carbons (Fsp3) is 0.471. The van der Waals surface area contributed by atoms with Crippen LogP contribution in [0, 0.1) is 0 Å². The van der Waals surface area contributed by atoms with E-state index < -0.39 is 0 Å². The lowest BCUT2D eigenvalue weighted by molar-refractivity contribution is -0.121. The summed E-state index contributed by atoms with van der Waals surface area (Å²) in [5.74, 6) is 0.238. The molecule has 1 aromatic rings. The molecule has 1 unspecified atom stereocenters. The highest BCUT2D eigenvalue weighted by molar-refractivity contribution is 6.39.